The number of rotatable bonds is 9. The van der Waals surface area contributed by atoms with E-state index in [2.05, 4.69) is 53.2 Å². The third kappa shape index (κ3) is 4.73. The molecule has 0 amide bonds. The molecular formula is C30H32N3O4P. The van der Waals surface area contributed by atoms with Crippen molar-refractivity contribution >= 4 is 23.9 Å². The Balaban J connectivity index is 1.65. The first-order chi connectivity index (χ1) is 18.4. The van der Waals surface area contributed by atoms with Gasteiger partial charge < -0.3 is 18.1 Å². The minimum atomic E-state index is -3.36. The maximum atomic E-state index is 13.3. The Morgan fingerprint density at radius 1 is 0.974 bits per heavy atom. The van der Waals surface area contributed by atoms with E-state index in [1.807, 2.05) is 64.2 Å². The van der Waals surface area contributed by atoms with E-state index in [9.17, 15) is 4.57 Å². The van der Waals surface area contributed by atoms with Gasteiger partial charge in [0.25, 0.3) is 0 Å². The van der Waals surface area contributed by atoms with Crippen molar-refractivity contribution in [2.75, 3.05) is 13.2 Å². The molecule has 0 fully saturated rings. The number of nitrogens with zero attached hydrogens (tertiary/aromatic N) is 3. The van der Waals surface area contributed by atoms with Crippen LogP contribution in [0.5, 0.6) is 0 Å². The average Bonchev–Trinajstić information content (AvgIpc) is 3.48. The summed E-state index contributed by atoms with van der Waals surface area (Å²) in [6, 6.07) is 20.2. The molecule has 38 heavy (non-hydrogen) atoms. The third-order valence-electron chi connectivity index (χ3n) is 6.78. The number of benzene rings is 2. The van der Waals surface area contributed by atoms with E-state index in [1.54, 1.807) is 0 Å². The quantitative estimate of drug-likeness (QED) is 0.184. The van der Waals surface area contributed by atoms with Crippen LogP contribution in [0.4, 0.5) is 0 Å². The van der Waals surface area contributed by atoms with Gasteiger partial charge in [-0.05, 0) is 63.9 Å². The second-order valence-corrected chi connectivity index (χ2v) is 11.2. The molecule has 0 saturated carbocycles. The Morgan fingerprint density at radius 3 is 2.26 bits per heavy atom. The Bertz CT molecular complexity index is 1580. The van der Waals surface area contributed by atoms with Crippen LogP contribution in [0.2, 0.25) is 0 Å². The standard InChI is InChI=1S/C30H32N3O4P/c1-6-35-38(34,36-7-2)26-15-13-24(14-16-26)27-19-33(21(4)23-11-9-8-10-12-23)28-17-25(18-31-30(27)28)29-20(3)32-37-22(29)5/h8-19,21H,6-7H2,1-5H3. The molecule has 5 aromatic rings. The summed E-state index contributed by atoms with van der Waals surface area (Å²) in [5.74, 6) is 0.765. The van der Waals surface area contributed by atoms with Crippen LogP contribution in [0.3, 0.4) is 0 Å². The topological polar surface area (TPSA) is 79.4 Å². The highest BCUT2D eigenvalue weighted by atomic mass is 31.2. The van der Waals surface area contributed by atoms with Gasteiger partial charge in [0.2, 0.25) is 0 Å². The molecule has 0 saturated heterocycles. The largest absolute Gasteiger partial charge is 0.361 e. The molecule has 7 nitrogen and oxygen atoms in total. The minimum absolute atomic E-state index is 0.0737. The van der Waals surface area contributed by atoms with Crippen LogP contribution < -0.4 is 5.30 Å². The lowest BCUT2D eigenvalue weighted by Crippen LogP contribution is -2.10. The third-order valence-corrected chi connectivity index (χ3v) is 8.91. The zero-order valence-electron chi connectivity index (χ0n) is 22.3. The summed E-state index contributed by atoms with van der Waals surface area (Å²) in [6.07, 6.45) is 4.02. The van der Waals surface area contributed by atoms with Crippen molar-refractivity contribution in [3.8, 4) is 22.3 Å². The number of pyridine rings is 1. The number of fused-ring (bicyclic) bond motifs is 1. The van der Waals surface area contributed by atoms with Gasteiger partial charge in [0.05, 0.1) is 41.3 Å². The SMILES string of the molecule is CCOP(=O)(OCC)c1ccc(-c2cn(C(C)c3ccccc3)c3cc(-c4c(C)noc4C)cnc23)cc1. The van der Waals surface area contributed by atoms with Gasteiger partial charge in [-0.2, -0.15) is 0 Å². The molecular weight excluding hydrogens is 497 g/mol. The molecule has 2 aromatic carbocycles. The van der Waals surface area contributed by atoms with Gasteiger partial charge in [-0.1, -0.05) is 47.6 Å². The number of hydrogen-bond donors (Lipinski definition) is 0. The average molecular weight is 530 g/mol. The predicted octanol–water partition coefficient (Wildman–Crippen LogP) is 7.48. The first kappa shape index (κ1) is 26.1. The molecule has 196 valence electrons. The normalized spacial score (nSPS) is 12.8. The molecule has 5 rings (SSSR count). The van der Waals surface area contributed by atoms with Crippen LogP contribution in [0.15, 0.2) is 77.6 Å². The van der Waals surface area contributed by atoms with Gasteiger partial charge in [0.15, 0.2) is 0 Å². The van der Waals surface area contributed by atoms with Crippen LogP contribution in [0.1, 0.15) is 43.8 Å². The zero-order chi connectivity index (χ0) is 26.9. The van der Waals surface area contributed by atoms with E-state index in [-0.39, 0.29) is 6.04 Å². The molecule has 3 heterocycles. The van der Waals surface area contributed by atoms with E-state index in [1.165, 1.54) is 5.56 Å². The Kier molecular flexibility index (Phi) is 7.35. The highest BCUT2D eigenvalue weighted by molar-refractivity contribution is 7.62. The summed E-state index contributed by atoms with van der Waals surface area (Å²) in [7, 11) is -3.36. The molecule has 0 N–H and O–H groups in total. The fourth-order valence-corrected chi connectivity index (χ4v) is 6.50. The first-order valence-electron chi connectivity index (χ1n) is 12.8. The number of hydrogen-bond acceptors (Lipinski definition) is 6. The highest BCUT2D eigenvalue weighted by Gasteiger charge is 2.27. The molecule has 1 atom stereocenters. The summed E-state index contributed by atoms with van der Waals surface area (Å²) in [5, 5.41) is 4.67. The highest BCUT2D eigenvalue weighted by Crippen LogP contribution is 2.47. The van der Waals surface area contributed by atoms with E-state index in [0.717, 1.165) is 44.7 Å². The van der Waals surface area contributed by atoms with E-state index in [0.29, 0.717) is 18.5 Å². The molecule has 0 aliphatic heterocycles. The molecule has 0 aliphatic carbocycles. The summed E-state index contributed by atoms with van der Waals surface area (Å²) >= 11 is 0. The maximum absolute atomic E-state index is 13.3. The number of aryl methyl sites for hydroxylation is 2. The summed E-state index contributed by atoms with van der Waals surface area (Å²) < 4.78 is 32.0. The fourth-order valence-electron chi connectivity index (χ4n) is 4.93. The smallest absolute Gasteiger partial charge is 0.361 e. The van der Waals surface area contributed by atoms with Crippen molar-refractivity contribution in [2.45, 2.75) is 40.7 Å². The second-order valence-electron chi connectivity index (χ2n) is 9.21. The molecule has 0 aliphatic rings. The van der Waals surface area contributed by atoms with Gasteiger partial charge in [0, 0.05) is 29.1 Å². The van der Waals surface area contributed by atoms with Gasteiger partial charge in [-0.3, -0.25) is 9.55 Å². The zero-order valence-corrected chi connectivity index (χ0v) is 23.2. The van der Waals surface area contributed by atoms with Crippen molar-refractivity contribution in [1.82, 2.24) is 14.7 Å². The molecule has 0 spiro atoms. The van der Waals surface area contributed by atoms with Crippen LogP contribution in [-0.4, -0.2) is 27.9 Å². The maximum Gasteiger partial charge on any atom is 0.361 e. The minimum Gasteiger partial charge on any atom is -0.361 e. The molecule has 0 bridgehead atoms. The lowest BCUT2D eigenvalue weighted by molar-refractivity contribution is 0.230. The molecule has 3 aromatic heterocycles. The molecule has 8 heteroatoms. The summed E-state index contributed by atoms with van der Waals surface area (Å²) in [5.41, 5.74) is 7.81. The summed E-state index contributed by atoms with van der Waals surface area (Å²) in [4.78, 5) is 4.93. The molecule has 1 unspecified atom stereocenters. The monoisotopic (exact) mass is 529 g/mol. The van der Waals surface area contributed by atoms with Gasteiger partial charge in [-0.15, -0.1) is 0 Å². The Labute approximate surface area is 222 Å². The fraction of sp³-hybridized carbons (Fsp3) is 0.267. The van der Waals surface area contributed by atoms with Crippen molar-refractivity contribution in [1.29, 1.82) is 0 Å². The first-order valence-corrected chi connectivity index (χ1v) is 14.4. The number of aromatic nitrogens is 3. The van der Waals surface area contributed by atoms with Gasteiger partial charge >= 0.3 is 7.60 Å². The van der Waals surface area contributed by atoms with Crippen LogP contribution in [-0.2, 0) is 13.6 Å². The van der Waals surface area contributed by atoms with E-state index in [4.69, 9.17) is 18.6 Å². The second kappa shape index (κ2) is 10.7. The van der Waals surface area contributed by atoms with Crippen LogP contribution in [0.25, 0.3) is 33.3 Å². The predicted molar refractivity (Wildman–Crippen MR) is 151 cm³/mol. The van der Waals surface area contributed by atoms with Crippen LogP contribution >= 0.6 is 7.60 Å². The lowest BCUT2D eigenvalue weighted by atomic mass is 10.0. The molecule has 0 radical (unpaired) electrons. The van der Waals surface area contributed by atoms with Crippen LogP contribution in [0, 0.1) is 13.8 Å². The van der Waals surface area contributed by atoms with E-state index < -0.39 is 7.60 Å². The summed E-state index contributed by atoms with van der Waals surface area (Å²) in [6.45, 7) is 10.3. The lowest BCUT2D eigenvalue weighted by Gasteiger charge is -2.17. The van der Waals surface area contributed by atoms with Crippen molar-refractivity contribution < 1.29 is 18.1 Å². The Morgan fingerprint density at radius 2 is 1.66 bits per heavy atom. The Hall–Kier alpha value is -3.51. The van der Waals surface area contributed by atoms with Crippen molar-refractivity contribution in [3.63, 3.8) is 0 Å². The van der Waals surface area contributed by atoms with Gasteiger partial charge in [0.1, 0.15) is 5.76 Å². The van der Waals surface area contributed by atoms with E-state index >= 15 is 0 Å². The van der Waals surface area contributed by atoms with Crippen molar-refractivity contribution in [3.05, 3.63) is 90.1 Å². The van der Waals surface area contributed by atoms with Crippen molar-refractivity contribution in [2.24, 2.45) is 0 Å². The van der Waals surface area contributed by atoms with Gasteiger partial charge in [-0.25, -0.2) is 0 Å².